The van der Waals surface area contributed by atoms with E-state index in [1.54, 1.807) is 12.1 Å². The summed E-state index contributed by atoms with van der Waals surface area (Å²) in [5.41, 5.74) is 1.12. The van der Waals surface area contributed by atoms with Crippen molar-refractivity contribution >= 4 is 10.8 Å². The predicted octanol–water partition coefficient (Wildman–Crippen LogP) is 9.35. The molecule has 6 heteroatoms. The van der Waals surface area contributed by atoms with Crippen molar-refractivity contribution in [3.8, 4) is 17.6 Å². The second-order valence-corrected chi connectivity index (χ2v) is 9.95. The summed E-state index contributed by atoms with van der Waals surface area (Å²) in [5.74, 6) is 2.37. The monoisotopic (exact) mass is 526 g/mol. The number of alkyl halides is 2. The lowest BCUT2D eigenvalue weighted by atomic mass is 9.78. The first-order valence-electron chi connectivity index (χ1n) is 13.1. The van der Waals surface area contributed by atoms with E-state index in [-0.39, 0.29) is 11.1 Å². The topological polar surface area (TPSA) is 9.23 Å². The highest BCUT2D eigenvalue weighted by molar-refractivity contribution is 5.85. The molecule has 0 saturated heterocycles. The van der Waals surface area contributed by atoms with Gasteiger partial charge in [0, 0.05) is 10.9 Å². The number of rotatable bonds is 8. The van der Waals surface area contributed by atoms with Gasteiger partial charge in [0.05, 0.1) is 5.56 Å². The molecule has 0 unspecified atom stereocenters. The van der Waals surface area contributed by atoms with E-state index in [2.05, 4.69) is 35.7 Å². The van der Waals surface area contributed by atoms with Gasteiger partial charge in [-0.2, -0.15) is 8.78 Å². The summed E-state index contributed by atoms with van der Waals surface area (Å²) < 4.78 is 71.5. The largest absolute Gasteiger partial charge is 0.429 e. The summed E-state index contributed by atoms with van der Waals surface area (Å²) in [6.45, 7) is -1.29. The zero-order valence-electron chi connectivity index (χ0n) is 21.4. The fraction of sp³-hybridized carbons (Fsp3) is 0.375. The molecule has 200 valence electrons. The van der Waals surface area contributed by atoms with Gasteiger partial charge in [-0.05, 0) is 73.6 Å². The molecule has 0 radical (unpaired) electrons. The van der Waals surface area contributed by atoms with Crippen molar-refractivity contribution in [2.75, 3.05) is 0 Å². The second kappa shape index (κ2) is 13.0. The zero-order chi connectivity index (χ0) is 27.1. The van der Waals surface area contributed by atoms with Crippen molar-refractivity contribution in [3.05, 3.63) is 88.8 Å². The lowest BCUT2D eigenvalue weighted by Gasteiger charge is -2.28. The van der Waals surface area contributed by atoms with Gasteiger partial charge in [-0.3, -0.25) is 0 Å². The van der Waals surface area contributed by atoms with Crippen molar-refractivity contribution in [1.29, 1.82) is 0 Å². The van der Waals surface area contributed by atoms with E-state index in [4.69, 9.17) is 0 Å². The Morgan fingerprint density at radius 1 is 0.895 bits per heavy atom. The van der Waals surface area contributed by atoms with Crippen molar-refractivity contribution in [2.24, 2.45) is 11.8 Å². The van der Waals surface area contributed by atoms with Crippen molar-refractivity contribution in [3.63, 3.8) is 0 Å². The fourth-order valence-electron chi connectivity index (χ4n) is 5.24. The van der Waals surface area contributed by atoms with Gasteiger partial charge in [0.25, 0.3) is 0 Å². The number of hydrogen-bond donors (Lipinski definition) is 0. The number of fused-ring (bicyclic) bond motifs is 1. The Hall–Kier alpha value is -3.33. The van der Waals surface area contributed by atoms with E-state index in [0.717, 1.165) is 42.2 Å². The van der Waals surface area contributed by atoms with Gasteiger partial charge >= 0.3 is 6.61 Å². The fourth-order valence-corrected chi connectivity index (χ4v) is 5.24. The number of allylic oxidation sites excluding steroid dienone is 2. The average Bonchev–Trinajstić information content (AvgIpc) is 2.90. The first kappa shape index (κ1) is 27.7. The minimum atomic E-state index is -3.36. The molecule has 0 bridgehead atoms. The van der Waals surface area contributed by atoms with Crippen LogP contribution >= 0.6 is 0 Å². The Morgan fingerprint density at radius 3 is 2.24 bits per heavy atom. The van der Waals surface area contributed by atoms with Crippen LogP contribution in [0.15, 0.2) is 54.6 Å². The highest BCUT2D eigenvalue weighted by Crippen LogP contribution is 2.34. The molecule has 0 heterocycles. The Bertz CT molecular complexity index is 1320. The van der Waals surface area contributed by atoms with E-state index >= 15 is 4.39 Å². The summed E-state index contributed by atoms with van der Waals surface area (Å²) in [4.78, 5) is 0. The van der Waals surface area contributed by atoms with Crippen LogP contribution in [0.1, 0.15) is 68.6 Å². The molecule has 3 aromatic rings. The smallest absolute Gasteiger partial charge is 0.387 e. The highest BCUT2D eigenvalue weighted by Gasteiger charge is 2.21. The molecule has 0 atom stereocenters. The van der Waals surface area contributed by atoms with Gasteiger partial charge in [0.1, 0.15) is 5.82 Å². The van der Waals surface area contributed by atoms with E-state index in [1.807, 2.05) is 12.1 Å². The SMILES string of the molecule is C/C=C/CCC1CCC(CCc2ccc3c(F)c(C#Cc4cc(F)c(OC(F)F)c(F)c4)ccc3c2)CC1. The third-order valence-electron chi connectivity index (χ3n) is 7.35. The van der Waals surface area contributed by atoms with E-state index in [0.29, 0.717) is 5.39 Å². The van der Waals surface area contributed by atoms with Gasteiger partial charge in [-0.25, -0.2) is 13.2 Å². The van der Waals surface area contributed by atoms with Crippen LogP contribution in [0.4, 0.5) is 22.0 Å². The van der Waals surface area contributed by atoms with E-state index in [9.17, 15) is 17.6 Å². The third kappa shape index (κ3) is 7.16. The molecule has 1 nitrogen and oxygen atoms in total. The first-order chi connectivity index (χ1) is 18.3. The molecule has 1 fully saturated rings. The Labute approximate surface area is 220 Å². The zero-order valence-corrected chi connectivity index (χ0v) is 21.4. The maximum absolute atomic E-state index is 15.1. The Morgan fingerprint density at radius 2 is 1.58 bits per heavy atom. The minimum Gasteiger partial charge on any atom is -0.429 e. The van der Waals surface area contributed by atoms with Crippen LogP contribution in [0, 0.1) is 41.1 Å². The highest BCUT2D eigenvalue weighted by atomic mass is 19.3. The van der Waals surface area contributed by atoms with Gasteiger partial charge in [0.15, 0.2) is 17.4 Å². The van der Waals surface area contributed by atoms with Crippen LogP contribution < -0.4 is 4.74 Å². The number of aryl methyl sites for hydroxylation is 1. The second-order valence-electron chi connectivity index (χ2n) is 9.95. The number of hydrogen-bond acceptors (Lipinski definition) is 1. The summed E-state index contributed by atoms with van der Waals surface area (Å²) in [7, 11) is 0. The molecule has 3 aromatic carbocycles. The molecule has 1 aliphatic carbocycles. The van der Waals surface area contributed by atoms with Gasteiger partial charge in [0.2, 0.25) is 0 Å². The summed E-state index contributed by atoms with van der Waals surface area (Å²) >= 11 is 0. The molecular weight excluding hydrogens is 495 g/mol. The lowest BCUT2D eigenvalue weighted by Crippen LogP contribution is -2.15. The van der Waals surface area contributed by atoms with E-state index < -0.39 is 29.8 Å². The molecule has 0 N–H and O–H groups in total. The van der Waals surface area contributed by atoms with Gasteiger partial charge in [-0.1, -0.05) is 73.9 Å². The summed E-state index contributed by atoms with van der Waals surface area (Å²) in [6.07, 6.45) is 14.1. The van der Waals surface area contributed by atoms with Gasteiger partial charge < -0.3 is 4.74 Å². The first-order valence-corrected chi connectivity index (χ1v) is 13.1. The van der Waals surface area contributed by atoms with Crippen LogP contribution in [0.25, 0.3) is 10.8 Å². The van der Waals surface area contributed by atoms with Crippen molar-refractivity contribution in [1.82, 2.24) is 0 Å². The molecule has 1 saturated carbocycles. The molecule has 4 rings (SSSR count). The molecule has 0 spiro atoms. The number of halogens is 5. The third-order valence-corrected chi connectivity index (χ3v) is 7.35. The standard InChI is InChI=1S/C32H31F5O/c1-2-3-4-5-21-6-8-22(9-7-21)10-11-23-13-17-27-26(18-23)16-15-25(30(27)35)14-12-24-19-28(33)31(29(34)20-24)38-32(36)37/h2-3,13,15-22,32H,4-11H2,1H3/b3-2+. The van der Waals surface area contributed by atoms with Gasteiger partial charge in [-0.15, -0.1) is 0 Å². The van der Waals surface area contributed by atoms with Crippen molar-refractivity contribution in [2.45, 2.75) is 64.9 Å². The molecule has 0 amide bonds. The average molecular weight is 527 g/mol. The Kier molecular flexibility index (Phi) is 9.44. The van der Waals surface area contributed by atoms with Crippen LogP contribution in [-0.2, 0) is 6.42 Å². The van der Waals surface area contributed by atoms with Crippen LogP contribution in [0.3, 0.4) is 0 Å². The molecule has 0 aliphatic heterocycles. The van der Waals surface area contributed by atoms with Crippen molar-refractivity contribution < 1.29 is 26.7 Å². The molecule has 1 aliphatic rings. The lowest BCUT2D eigenvalue weighted by molar-refractivity contribution is -0.0546. The minimum absolute atomic E-state index is 0.0742. The van der Waals surface area contributed by atoms with Crippen LogP contribution in [-0.4, -0.2) is 6.61 Å². The number of benzene rings is 3. The van der Waals surface area contributed by atoms with Crippen LogP contribution in [0.2, 0.25) is 0 Å². The molecule has 0 aromatic heterocycles. The molecular formula is C32H31F5O. The number of ether oxygens (including phenoxy) is 1. The predicted molar refractivity (Wildman–Crippen MR) is 141 cm³/mol. The van der Waals surface area contributed by atoms with E-state index in [1.165, 1.54) is 50.2 Å². The summed E-state index contributed by atoms with van der Waals surface area (Å²) in [6, 6.07) is 10.6. The summed E-state index contributed by atoms with van der Waals surface area (Å²) in [5, 5.41) is 1.18. The molecule has 38 heavy (non-hydrogen) atoms. The normalized spacial score (nSPS) is 17.7. The Balaban J connectivity index is 1.40. The van der Waals surface area contributed by atoms with Crippen LogP contribution in [0.5, 0.6) is 5.75 Å². The quantitative estimate of drug-likeness (QED) is 0.161. The maximum Gasteiger partial charge on any atom is 0.387 e. The maximum atomic E-state index is 15.1.